The maximum absolute atomic E-state index is 15.2. The van der Waals surface area contributed by atoms with Gasteiger partial charge in [0.05, 0.1) is 0 Å². The number of allylic oxidation sites excluding steroid dienone is 2. The molecule has 0 radical (unpaired) electrons. The van der Waals surface area contributed by atoms with Crippen LogP contribution in [0, 0.1) is 41.0 Å². The van der Waals surface area contributed by atoms with Crippen molar-refractivity contribution in [3.8, 4) is 11.1 Å². The molecule has 2 fully saturated rings. The van der Waals surface area contributed by atoms with Crippen LogP contribution in [0.25, 0.3) is 28.4 Å². The summed E-state index contributed by atoms with van der Waals surface area (Å²) in [6, 6.07) is 9.25. The molecule has 0 bridgehead atoms. The van der Waals surface area contributed by atoms with Crippen LogP contribution in [0.1, 0.15) is 86.5 Å². The lowest BCUT2D eigenvalue weighted by Crippen LogP contribution is -2.25. The highest BCUT2D eigenvalue weighted by molar-refractivity contribution is 5.84. The molecule has 0 spiro atoms. The van der Waals surface area contributed by atoms with Crippen molar-refractivity contribution >= 4 is 17.2 Å². The van der Waals surface area contributed by atoms with Crippen LogP contribution in [0.4, 0.5) is 26.3 Å². The summed E-state index contributed by atoms with van der Waals surface area (Å²) in [6.45, 7) is 9.01. The summed E-state index contributed by atoms with van der Waals surface area (Å²) in [7, 11) is 0. The predicted octanol–water partition coefficient (Wildman–Crippen LogP) is 12.0. The van der Waals surface area contributed by atoms with E-state index in [9.17, 15) is 8.78 Å². The minimum Gasteiger partial charge on any atom is -0.206 e. The lowest BCUT2D eigenvalue weighted by atomic mass is 9.68. The summed E-state index contributed by atoms with van der Waals surface area (Å²) >= 11 is 0. The molecule has 0 nitrogen and oxygen atoms in total. The quantitative estimate of drug-likeness (QED) is 0.145. The molecule has 0 unspecified atom stereocenters. The highest BCUT2D eigenvalue weighted by Gasteiger charge is 2.31. The summed E-state index contributed by atoms with van der Waals surface area (Å²) in [5, 5.41) is 0. The Hall–Kier alpha value is -3.54. The van der Waals surface area contributed by atoms with Crippen LogP contribution in [0.3, 0.4) is 0 Å². The Kier molecular flexibility index (Phi) is 9.33. The van der Waals surface area contributed by atoms with Crippen molar-refractivity contribution < 1.29 is 26.3 Å². The zero-order chi connectivity index (χ0) is 30.8. The van der Waals surface area contributed by atoms with Gasteiger partial charge in [-0.1, -0.05) is 30.9 Å². The fourth-order valence-electron chi connectivity index (χ4n) is 6.93. The Labute approximate surface area is 249 Å². The molecule has 226 valence electrons. The third-order valence-electron chi connectivity index (χ3n) is 9.50. The second-order valence-corrected chi connectivity index (χ2v) is 12.2. The topological polar surface area (TPSA) is 0 Å². The van der Waals surface area contributed by atoms with Crippen LogP contribution in [0.15, 0.2) is 67.8 Å². The first kappa shape index (κ1) is 30.9. The minimum atomic E-state index is -1.44. The van der Waals surface area contributed by atoms with Crippen molar-refractivity contribution in [1.82, 2.24) is 0 Å². The zero-order valence-electron chi connectivity index (χ0n) is 24.3. The molecule has 0 heterocycles. The Morgan fingerprint density at radius 1 is 0.698 bits per heavy atom. The van der Waals surface area contributed by atoms with Gasteiger partial charge in [0.2, 0.25) is 0 Å². The fraction of sp³-hybridized carbons (Fsp3) is 0.351. The molecule has 2 aliphatic rings. The molecule has 43 heavy (non-hydrogen) atoms. The van der Waals surface area contributed by atoms with E-state index in [0.717, 1.165) is 61.4 Å². The summed E-state index contributed by atoms with van der Waals surface area (Å²) in [5.74, 6) is -4.77. The van der Waals surface area contributed by atoms with E-state index >= 15 is 17.6 Å². The highest BCUT2D eigenvalue weighted by Crippen LogP contribution is 2.44. The summed E-state index contributed by atoms with van der Waals surface area (Å²) in [6.07, 6.45) is 11.0. The number of hydrogen-bond donors (Lipinski definition) is 0. The Balaban J connectivity index is 1.30. The van der Waals surface area contributed by atoms with Crippen LogP contribution < -0.4 is 0 Å². The predicted molar refractivity (Wildman–Crippen MR) is 162 cm³/mol. The van der Waals surface area contributed by atoms with E-state index in [1.54, 1.807) is 6.07 Å². The van der Waals surface area contributed by atoms with Gasteiger partial charge in [-0.3, -0.25) is 0 Å². The molecule has 5 rings (SSSR count). The smallest absolute Gasteiger partial charge is 0.169 e. The molecule has 3 aromatic carbocycles. The largest absolute Gasteiger partial charge is 0.206 e. The van der Waals surface area contributed by atoms with Gasteiger partial charge in [0.25, 0.3) is 0 Å². The first-order valence-electron chi connectivity index (χ1n) is 15.0. The zero-order valence-corrected chi connectivity index (χ0v) is 24.3. The van der Waals surface area contributed by atoms with Gasteiger partial charge in [-0.05, 0) is 129 Å². The maximum Gasteiger partial charge on any atom is 0.169 e. The van der Waals surface area contributed by atoms with Crippen LogP contribution in [0.5, 0.6) is 0 Å². The molecule has 6 heteroatoms. The van der Waals surface area contributed by atoms with Crippen molar-refractivity contribution in [2.75, 3.05) is 0 Å². The number of benzene rings is 3. The average molecular weight is 595 g/mol. The lowest BCUT2D eigenvalue weighted by Gasteiger charge is -2.37. The molecule has 3 aromatic rings. The first-order valence-corrected chi connectivity index (χ1v) is 15.0. The van der Waals surface area contributed by atoms with E-state index in [1.807, 2.05) is 0 Å². The molecule has 0 N–H and O–H groups in total. The monoisotopic (exact) mass is 594 g/mol. The van der Waals surface area contributed by atoms with E-state index in [-0.39, 0.29) is 28.2 Å². The molecule has 0 aromatic heterocycles. The van der Waals surface area contributed by atoms with Crippen LogP contribution in [0.2, 0.25) is 0 Å². The summed E-state index contributed by atoms with van der Waals surface area (Å²) in [5.41, 5.74) is -0.188. The Bertz CT molecular complexity index is 1550. The van der Waals surface area contributed by atoms with Crippen LogP contribution >= 0.6 is 0 Å². The van der Waals surface area contributed by atoms with E-state index in [2.05, 4.69) is 19.2 Å². The van der Waals surface area contributed by atoms with Gasteiger partial charge in [0.1, 0.15) is 11.6 Å². The van der Waals surface area contributed by atoms with Crippen molar-refractivity contribution in [2.45, 2.75) is 64.2 Å². The van der Waals surface area contributed by atoms with E-state index in [4.69, 9.17) is 0 Å². The highest BCUT2D eigenvalue weighted by atomic mass is 19.2. The Morgan fingerprint density at radius 3 is 1.93 bits per heavy atom. The molecule has 0 aliphatic heterocycles. The number of halogens is 6. The molecular weight excluding hydrogens is 558 g/mol. The maximum atomic E-state index is 15.2. The van der Waals surface area contributed by atoms with Crippen molar-refractivity contribution in [3.63, 3.8) is 0 Å². The first-order chi connectivity index (χ1) is 20.6. The van der Waals surface area contributed by atoms with Gasteiger partial charge in [-0.2, -0.15) is 0 Å². The molecule has 2 aliphatic carbocycles. The van der Waals surface area contributed by atoms with Gasteiger partial charge in [0, 0.05) is 22.3 Å². The molecular formula is C37H36F6. The fourth-order valence-corrected chi connectivity index (χ4v) is 6.93. The van der Waals surface area contributed by atoms with E-state index in [0.29, 0.717) is 11.8 Å². The average Bonchev–Trinajstić information content (AvgIpc) is 3.01. The standard InChI is InChI=1S/C37H36F6/c1-4-22-5-7-23(8-6-22)24-9-11-25(12-10-24)26-13-16-30(33(39)18-26)37(43)35(41)27-14-15-29(32(38)19-27)28-17-31(21(2)3)36(42)34(40)20-28/h4,13-20,22-25H,1-2,5-12H2,3H3/b37-35+. The molecule has 0 atom stereocenters. The van der Waals surface area contributed by atoms with Gasteiger partial charge >= 0.3 is 0 Å². The van der Waals surface area contributed by atoms with Crippen molar-refractivity contribution in [3.05, 3.63) is 113 Å². The molecule has 0 saturated heterocycles. The minimum absolute atomic E-state index is 0.0153. The third kappa shape index (κ3) is 6.53. The van der Waals surface area contributed by atoms with E-state index < -0.39 is 46.0 Å². The Morgan fingerprint density at radius 2 is 1.35 bits per heavy atom. The van der Waals surface area contributed by atoms with Crippen LogP contribution in [-0.2, 0) is 0 Å². The molecule has 0 amide bonds. The second kappa shape index (κ2) is 13.0. The molecule has 2 saturated carbocycles. The lowest BCUT2D eigenvalue weighted by molar-refractivity contribution is 0.171. The van der Waals surface area contributed by atoms with Gasteiger partial charge in [-0.25, -0.2) is 26.3 Å². The van der Waals surface area contributed by atoms with Gasteiger partial charge < -0.3 is 0 Å². The second-order valence-electron chi connectivity index (χ2n) is 12.2. The van der Waals surface area contributed by atoms with E-state index in [1.165, 1.54) is 50.8 Å². The summed E-state index contributed by atoms with van der Waals surface area (Å²) < 4.78 is 88.7. The third-order valence-corrected chi connectivity index (χ3v) is 9.50. The normalized spacial score (nSPS) is 23.0. The SMILES string of the molecule is C=CC1CCC(C2CCC(c3ccc(/C(F)=C(\F)c4ccc(-c5cc(F)c(F)c(C(=C)C)c5)c(F)c4)c(F)c3)CC2)CC1. The number of hydrogen-bond acceptors (Lipinski definition) is 0. The van der Waals surface area contributed by atoms with Crippen molar-refractivity contribution in [2.24, 2.45) is 17.8 Å². The summed E-state index contributed by atoms with van der Waals surface area (Å²) in [4.78, 5) is 0. The van der Waals surface area contributed by atoms with Gasteiger partial charge in [-0.15, -0.1) is 6.58 Å². The van der Waals surface area contributed by atoms with Crippen LogP contribution in [-0.4, -0.2) is 0 Å². The van der Waals surface area contributed by atoms with Gasteiger partial charge in [0.15, 0.2) is 23.3 Å². The van der Waals surface area contributed by atoms with Crippen molar-refractivity contribution in [1.29, 1.82) is 0 Å². The number of rotatable bonds is 7.